The van der Waals surface area contributed by atoms with Gasteiger partial charge >= 0.3 is 0 Å². The molecule has 0 atom stereocenters. The normalized spacial score (nSPS) is 14.5. The summed E-state index contributed by atoms with van der Waals surface area (Å²) in [6, 6.07) is 5.32. The lowest BCUT2D eigenvalue weighted by Crippen LogP contribution is -2.45. The summed E-state index contributed by atoms with van der Waals surface area (Å²) >= 11 is 0. The summed E-state index contributed by atoms with van der Waals surface area (Å²) in [6.45, 7) is 9.09. The van der Waals surface area contributed by atoms with Gasteiger partial charge in [-0.2, -0.15) is 0 Å². The van der Waals surface area contributed by atoms with Gasteiger partial charge in [0.25, 0.3) is 5.91 Å². The third-order valence-electron chi connectivity index (χ3n) is 5.18. The summed E-state index contributed by atoms with van der Waals surface area (Å²) in [6.07, 6.45) is 3.18. The molecule has 0 aliphatic carbocycles. The van der Waals surface area contributed by atoms with Crippen molar-refractivity contribution < 1.29 is 4.79 Å². The smallest absolute Gasteiger partial charge is 0.256 e. The molecule has 10 heteroatoms. The van der Waals surface area contributed by atoms with E-state index in [0.717, 1.165) is 37.4 Å². The standard InChI is InChI=1S/C21H25N9O/c1-13-4-5-15(20(31)26-14(2)22)10-16(13)27-19-18-17(24-12-25-19)11-23-21(28-18)30-8-6-29(3)7-9-30/h4-5,10-12H,2,6-9,22H2,1,3H3,(H,26,31)(H,24,25,27). The zero-order valence-electron chi connectivity index (χ0n) is 17.6. The van der Waals surface area contributed by atoms with E-state index in [1.54, 1.807) is 18.3 Å². The fourth-order valence-electron chi connectivity index (χ4n) is 3.34. The van der Waals surface area contributed by atoms with Crippen LogP contribution in [0.5, 0.6) is 0 Å². The maximum Gasteiger partial charge on any atom is 0.256 e. The highest BCUT2D eigenvalue weighted by Crippen LogP contribution is 2.26. The number of benzene rings is 1. The van der Waals surface area contributed by atoms with Gasteiger partial charge in [-0.25, -0.2) is 19.9 Å². The van der Waals surface area contributed by atoms with E-state index in [4.69, 9.17) is 10.7 Å². The first-order valence-electron chi connectivity index (χ1n) is 9.95. The van der Waals surface area contributed by atoms with Crippen molar-refractivity contribution in [2.24, 2.45) is 5.73 Å². The molecular weight excluding hydrogens is 394 g/mol. The van der Waals surface area contributed by atoms with E-state index in [0.29, 0.717) is 28.4 Å². The number of nitrogens with two attached hydrogens (primary N) is 1. The number of hydrogen-bond donors (Lipinski definition) is 3. The molecule has 1 aliphatic rings. The molecule has 160 valence electrons. The Labute approximate surface area is 180 Å². The van der Waals surface area contributed by atoms with Crippen molar-refractivity contribution >= 4 is 34.4 Å². The number of carbonyl (C=O) groups excluding carboxylic acids is 1. The third-order valence-corrected chi connectivity index (χ3v) is 5.18. The van der Waals surface area contributed by atoms with Crippen molar-refractivity contribution in [2.45, 2.75) is 6.92 Å². The number of carbonyl (C=O) groups is 1. The maximum atomic E-state index is 12.3. The maximum absolute atomic E-state index is 12.3. The van der Waals surface area contributed by atoms with E-state index in [1.165, 1.54) is 6.33 Å². The molecule has 4 N–H and O–H groups in total. The molecule has 4 rings (SSSR count). The Morgan fingerprint density at radius 3 is 2.68 bits per heavy atom. The zero-order valence-corrected chi connectivity index (χ0v) is 17.6. The number of anilines is 3. The molecule has 3 aromatic rings. The van der Waals surface area contributed by atoms with Crippen LogP contribution in [-0.2, 0) is 0 Å². The molecule has 2 aromatic heterocycles. The number of aryl methyl sites for hydroxylation is 1. The van der Waals surface area contributed by atoms with Crippen molar-refractivity contribution in [3.05, 3.63) is 54.3 Å². The molecule has 1 aliphatic heterocycles. The highest BCUT2D eigenvalue weighted by molar-refractivity contribution is 5.97. The quantitative estimate of drug-likeness (QED) is 0.562. The second kappa shape index (κ2) is 8.52. The van der Waals surface area contributed by atoms with Crippen LogP contribution in [0, 0.1) is 6.92 Å². The molecule has 31 heavy (non-hydrogen) atoms. The first-order valence-corrected chi connectivity index (χ1v) is 9.95. The third kappa shape index (κ3) is 4.53. The first-order chi connectivity index (χ1) is 14.9. The molecule has 0 spiro atoms. The molecule has 3 heterocycles. The summed E-state index contributed by atoms with van der Waals surface area (Å²) in [5.74, 6) is 0.967. The lowest BCUT2D eigenvalue weighted by atomic mass is 10.1. The minimum atomic E-state index is -0.331. The van der Waals surface area contributed by atoms with Crippen molar-refractivity contribution in [3.8, 4) is 0 Å². The average Bonchev–Trinajstić information content (AvgIpc) is 2.75. The van der Waals surface area contributed by atoms with Crippen molar-refractivity contribution in [1.29, 1.82) is 0 Å². The molecule has 0 radical (unpaired) electrons. The highest BCUT2D eigenvalue weighted by Gasteiger charge is 2.18. The topological polar surface area (TPSA) is 125 Å². The van der Waals surface area contributed by atoms with Crippen molar-refractivity contribution in [2.75, 3.05) is 43.4 Å². The zero-order chi connectivity index (χ0) is 22.0. The fraction of sp³-hybridized carbons (Fsp3) is 0.286. The van der Waals surface area contributed by atoms with Gasteiger partial charge < -0.3 is 26.2 Å². The molecule has 1 amide bonds. The van der Waals surface area contributed by atoms with Gasteiger partial charge in [0, 0.05) is 37.4 Å². The van der Waals surface area contributed by atoms with E-state index in [2.05, 4.69) is 49.0 Å². The SMILES string of the molecule is C=C(N)NC(=O)c1ccc(C)c(Nc2ncnc3cnc(N4CCN(C)CC4)nc23)c1. The van der Waals surface area contributed by atoms with Gasteiger partial charge in [0.05, 0.1) is 12.0 Å². The molecule has 1 fully saturated rings. The van der Waals surface area contributed by atoms with Gasteiger partial charge in [0.15, 0.2) is 5.82 Å². The number of nitrogens with one attached hydrogen (secondary N) is 2. The average molecular weight is 419 g/mol. The summed E-state index contributed by atoms with van der Waals surface area (Å²) in [7, 11) is 2.11. The second-order valence-corrected chi connectivity index (χ2v) is 7.55. The van der Waals surface area contributed by atoms with E-state index < -0.39 is 0 Å². The van der Waals surface area contributed by atoms with Gasteiger partial charge in [-0.15, -0.1) is 0 Å². The molecule has 0 saturated carbocycles. The molecule has 1 saturated heterocycles. The fourth-order valence-corrected chi connectivity index (χ4v) is 3.34. The van der Waals surface area contributed by atoms with Crippen LogP contribution in [0.25, 0.3) is 11.0 Å². The first kappa shape index (κ1) is 20.5. The van der Waals surface area contributed by atoms with E-state index in [9.17, 15) is 4.79 Å². The summed E-state index contributed by atoms with van der Waals surface area (Å²) in [5, 5.41) is 5.81. The summed E-state index contributed by atoms with van der Waals surface area (Å²) in [4.78, 5) is 34.6. The van der Waals surface area contributed by atoms with Crippen molar-refractivity contribution in [1.82, 2.24) is 30.2 Å². The molecule has 10 nitrogen and oxygen atoms in total. The second-order valence-electron chi connectivity index (χ2n) is 7.55. The Morgan fingerprint density at radius 1 is 1.16 bits per heavy atom. The minimum absolute atomic E-state index is 0.0926. The van der Waals surface area contributed by atoms with Crippen LogP contribution in [-0.4, -0.2) is 64.0 Å². The van der Waals surface area contributed by atoms with Crippen LogP contribution in [0.15, 0.2) is 43.1 Å². The monoisotopic (exact) mass is 419 g/mol. The Hall–Kier alpha value is -3.79. The van der Waals surface area contributed by atoms with E-state index in [-0.39, 0.29) is 11.7 Å². The number of likely N-dealkylation sites (N-methyl/N-ethyl adjacent to an activating group) is 1. The number of aromatic nitrogens is 4. The Bertz CT molecular complexity index is 1140. The number of piperazine rings is 1. The number of hydrogen-bond acceptors (Lipinski definition) is 9. The van der Waals surface area contributed by atoms with E-state index >= 15 is 0 Å². The van der Waals surface area contributed by atoms with Gasteiger partial charge in [0.2, 0.25) is 5.95 Å². The van der Waals surface area contributed by atoms with Gasteiger partial charge in [-0.05, 0) is 31.7 Å². The number of rotatable bonds is 5. The molecular formula is C21H25N9O. The number of amides is 1. The van der Waals surface area contributed by atoms with Gasteiger partial charge in [-0.3, -0.25) is 4.79 Å². The molecule has 1 aromatic carbocycles. The molecule has 0 unspecified atom stereocenters. The predicted molar refractivity (Wildman–Crippen MR) is 120 cm³/mol. The largest absolute Gasteiger partial charge is 0.386 e. The summed E-state index contributed by atoms with van der Waals surface area (Å²) < 4.78 is 0. The van der Waals surface area contributed by atoms with E-state index in [1.807, 2.05) is 13.0 Å². The summed E-state index contributed by atoms with van der Waals surface area (Å²) in [5.41, 5.74) is 8.88. The minimum Gasteiger partial charge on any atom is -0.386 e. The molecule has 0 bridgehead atoms. The van der Waals surface area contributed by atoms with Crippen LogP contribution >= 0.6 is 0 Å². The Morgan fingerprint density at radius 2 is 1.94 bits per heavy atom. The number of nitrogens with zero attached hydrogens (tertiary/aromatic N) is 6. The van der Waals surface area contributed by atoms with Crippen LogP contribution in [0.4, 0.5) is 17.5 Å². The van der Waals surface area contributed by atoms with Crippen LogP contribution < -0.4 is 21.3 Å². The van der Waals surface area contributed by atoms with Crippen LogP contribution in [0.2, 0.25) is 0 Å². The highest BCUT2D eigenvalue weighted by atomic mass is 16.1. The Kier molecular flexibility index (Phi) is 5.63. The lowest BCUT2D eigenvalue weighted by Gasteiger charge is -2.32. The lowest BCUT2D eigenvalue weighted by molar-refractivity contribution is 0.0965. The van der Waals surface area contributed by atoms with Crippen molar-refractivity contribution in [3.63, 3.8) is 0 Å². The van der Waals surface area contributed by atoms with Gasteiger partial charge in [-0.1, -0.05) is 12.6 Å². The van der Waals surface area contributed by atoms with Gasteiger partial charge in [0.1, 0.15) is 17.4 Å². The number of fused-ring (bicyclic) bond motifs is 1. The Balaban J connectivity index is 1.66. The van der Waals surface area contributed by atoms with Crippen LogP contribution in [0.3, 0.4) is 0 Å². The van der Waals surface area contributed by atoms with Crippen LogP contribution in [0.1, 0.15) is 15.9 Å². The predicted octanol–water partition coefficient (Wildman–Crippen LogP) is 1.38.